The molecule has 0 amide bonds. The number of anilines is 2. The van der Waals surface area contributed by atoms with Crippen molar-refractivity contribution in [2.45, 2.75) is 11.5 Å². The Labute approximate surface area is 410 Å². The number of hydrogen-bond donors (Lipinski definition) is 2. The molecule has 0 spiro atoms. The minimum absolute atomic E-state index is 0.0214. The largest absolute Gasteiger partial charge is 0.476 e. The molecule has 0 aromatic carbocycles. The SMILES string of the molecule is CN(c1cnc(C(=O)O)cn1)S(C)(=O)=O.COC(=O)c1cnc(CS(C)(=O)=O)cn1.COC(=O)c1cnc(Cl)cn1.COC(=O)c1cnc(N(C)S(C)(=O)=O)cn1.CS(=O)(=O)Cc1cnc(C(=O)O)cn1. The molecule has 0 unspecified atom stereocenters. The summed E-state index contributed by atoms with van der Waals surface area (Å²) in [6.45, 7) is 0. The van der Waals surface area contributed by atoms with Crippen LogP contribution < -0.4 is 8.61 Å². The molecule has 5 rings (SSSR count). The number of rotatable bonds is 13. The van der Waals surface area contributed by atoms with Crippen LogP contribution in [0.5, 0.6) is 0 Å². The number of nitrogens with zero attached hydrogens (tertiary/aromatic N) is 12. The fourth-order valence-electron chi connectivity index (χ4n) is 3.87. The second-order valence-corrected chi connectivity index (χ2v) is 21.9. The number of esters is 3. The average molecular weight is 1100 g/mol. The van der Waals surface area contributed by atoms with Crippen LogP contribution in [0.25, 0.3) is 0 Å². The van der Waals surface area contributed by atoms with Crippen LogP contribution in [-0.4, -0.2) is 184 Å². The molecule has 0 saturated heterocycles. The second-order valence-electron chi connectivity index (χ2n) is 13.2. The minimum Gasteiger partial charge on any atom is -0.476 e. The van der Waals surface area contributed by atoms with Crippen molar-refractivity contribution in [3.05, 3.63) is 107 Å². The van der Waals surface area contributed by atoms with E-state index in [1.54, 1.807) is 0 Å². The van der Waals surface area contributed by atoms with Crippen molar-refractivity contribution in [1.29, 1.82) is 0 Å². The van der Waals surface area contributed by atoms with Crippen LogP contribution in [0, 0.1) is 0 Å². The average Bonchev–Trinajstić information content (AvgIpc) is 3.30. The highest BCUT2D eigenvalue weighted by Gasteiger charge is 2.17. The van der Waals surface area contributed by atoms with Crippen LogP contribution >= 0.6 is 11.6 Å². The Bertz CT molecular complexity index is 3070. The second kappa shape index (κ2) is 27.6. The standard InChI is InChI=1S/C8H11N3O4S.C8H10N2O4S.C7H9N3O4S.C7H8N2O4S.C6H5ClN2O2/c1-11(16(3,13)14)7-5-9-6(4-10-7)8(12)15-2;1-14-8(11)7-4-9-6(3-10-7)5-15(2,12)13;1-10(15(2,13)14)6-4-8-5(3-9-6)7(11)12;1-14(12,13)4-5-2-9-6(3-8-5)7(10)11;1-11-6(10)4-2-9-5(7)3-8-4/h4-5H,1-3H3;3-4H,5H2,1-2H3;3-4H,1-2H3,(H,11,12);2-3H,4H2,1H3,(H,10,11);2-3H,1H3. The maximum Gasteiger partial charge on any atom is 0.358 e. The van der Waals surface area contributed by atoms with E-state index in [-0.39, 0.29) is 62.5 Å². The van der Waals surface area contributed by atoms with Crippen molar-refractivity contribution in [3.63, 3.8) is 0 Å². The molecule has 0 atom stereocenters. The third-order valence-electron chi connectivity index (χ3n) is 7.39. The number of sulfone groups is 2. The molecule has 0 radical (unpaired) electrons. The van der Waals surface area contributed by atoms with Gasteiger partial charge in [-0.2, -0.15) is 0 Å². The molecule has 71 heavy (non-hydrogen) atoms. The number of sulfonamides is 2. The number of ether oxygens (including phenoxy) is 3. The van der Waals surface area contributed by atoms with Crippen molar-refractivity contribution in [1.82, 2.24) is 49.8 Å². The molecule has 5 aromatic heterocycles. The molecule has 0 saturated carbocycles. The number of hydrogen-bond acceptors (Lipinski definition) is 26. The molecule has 35 heteroatoms. The van der Waals surface area contributed by atoms with Gasteiger partial charge in [0.1, 0.15) is 5.15 Å². The molecule has 0 aliphatic carbocycles. The summed E-state index contributed by atoms with van der Waals surface area (Å²) in [6.07, 6.45) is 15.8. The van der Waals surface area contributed by atoms with E-state index in [9.17, 15) is 57.6 Å². The molecular weight excluding hydrogens is 1050 g/mol. The van der Waals surface area contributed by atoms with E-state index in [1.807, 2.05) is 0 Å². The molecule has 30 nitrogen and oxygen atoms in total. The minimum atomic E-state index is -3.41. The monoisotopic (exact) mass is 1090 g/mol. The summed E-state index contributed by atoms with van der Waals surface area (Å²) in [6, 6.07) is 0. The summed E-state index contributed by atoms with van der Waals surface area (Å²) in [5, 5.41) is 17.3. The molecule has 2 N–H and O–H groups in total. The van der Waals surface area contributed by atoms with E-state index in [4.69, 9.17) is 21.8 Å². The van der Waals surface area contributed by atoms with E-state index in [2.05, 4.69) is 64.1 Å². The molecule has 0 bridgehead atoms. The summed E-state index contributed by atoms with van der Waals surface area (Å²) in [4.78, 5) is 90.4. The van der Waals surface area contributed by atoms with Crippen molar-refractivity contribution in [2.24, 2.45) is 0 Å². The van der Waals surface area contributed by atoms with Gasteiger partial charge in [-0.25, -0.2) is 97.5 Å². The van der Waals surface area contributed by atoms with Gasteiger partial charge < -0.3 is 24.4 Å². The first-order chi connectivity index (χ1) is 32.7. The number of carbonyl (C=O) groups excluding carboxylic acids is 3. The zero-order valence-corrected chi connectivity index (χ0v) is 42.5. The zero-order valence-electron chi connectivity index (χ0n) is 38.5. The zero-order chi connectivity index (χ0) is 54.5. The van der Waals surface area contributed by atoms with Gasteiger partial charge in [0.15, 0.2) is 59.8 Å². The first-order valence-corrected chi connectivity index (χ1v) is 26.6. The molecular formula is C36H43ClN12O18S4. The summed E-state index contributed by atoms with van der Waals surface area (Å²) >= 11 is 5.43. The fourth-order valence-corrected chi connectivity index (χ4v) is 6.20. The van der Waals surface area contributed by atoms with E-state index < -0.39 is 69.6 Å². The lowest BCUT2D eigenvalue weighted by atomic mass is 10.4. The van der Waals surface area contributed by atoms with Crippen LogP contribution in [-0.2, 0) is 65.4 Å². The van der Waals surface area contributed by atoms with Crippen molar-refractivity contribution in [3.8, 4) is 0 Å². The summed E-state index contributed by atoms with van der Waals surface area (Å²) < 4.78 is 103. The molecule has 5 aromatic rings. The van der Waals surface area contributed by atoms with Gasteiger partial charge in [0, 0.05) is 26.6 Å². The first kappa shape index (κ1) is 61.5. The number of carboxylic acid groups (broad SMARTS) is 2. The predicted molar refractivity (Wildman–Crippen MR) is 247 cm³/mol. The topological polar surface area (TPSA) is 425 Å². The van der Waals surface area contributed by atoms with Gasteiger partial charge in [-0.3, -0.25) is 18.6 Å². The van der Waals surface area contributed by atoms with E-state index in [0.717, 1.165) is 64.6 Å². The van der Waals surface area contributed by atoms with Crippen molar-refractivity contribution < 1.29 is 82.1 Å². The van der Waals surface area contributed by atoms with Crippen LogP contribution in [0.2, 0.25) is 5.15 Å². The highest BCUT2D eigenvalue weighted by molar-refractivity contribution is 7.92. The highest BCUT2D eigenvalue weighted by atomic mass is 35.5. The van der Waals surface area contributed by atoms with Gasteiger partial charge in [-0.05, 0) is 0 Å². The maximum absolute atomic E-state index is 11.2. The van der Waals surface area contributed by atoms with Gasteiger partial charge >= 0.3 is 29.8 Å². The normalized spacial score (nSPS) is 10.8. The maximum atomic E-state index is 11.2. The Morgan fingerprint density at radius 3 is 0.958 bits per heavy atom. The summed E-state index contributed by atoms with van der Waals surface area (Å²) in [7, 11) is -6.70. The Hall–Kier alpha value is -7.56. The van der Waals surface area contributed by atoms with Crippen LogP contribution in [0.1, 0.15) is 63.8 Å². The van der Waals surface area contributed by atoms with Crippen molar-refractivity contribution >= 4 is 92.8 Å². The highest BCUT2D eigenvalue weighted by Crippen LogP contribution is 2.12. The Morgan fingerprint density at radius 2 is 0.732 bits per heavy atom. The van der Waals surface area contributed by atoms with Gasteiger partial charge in [0.2, 0.25) is 20.0 Å². The van der Waals surface area contributed by atoms with E-state index in [1.165, 1.54) is 66.4 Å². The molecule has 0 aliphatic rings. The van der Waals surface area contributed by atoms with Crippen LogP contribution in [0.3, 0.4) is 0 Å². The smallest absolute Gasteiger partial charge is 0.358 e. The number of aromatic carboxylic acids is 2. The number of aromatic nitrogens is 10. The molecule has 386 valence electrons. The lowest BCUT2D eigenvalue weighted by Crippen LogP contribution is -2.26. The van der Waals surface area contributed by atoms with Crippen LogP contribution in [0.4, 0.5) is 11.6 Å². The Balaban J connectivity index is 0.000000446. The molecule has 0 fully saturated rings. The van der Waals surface area contributed by atoms with E-state index in [0.29, 0.717) is 5.69 Å². The Morgan fingerprint density at radius 1 is 0.451 bits per heavy atom. The number of methoxy groups -OCH3 is 3. The predicted octanol–water partition coefficient (Wildman–Crippen LogP) is -0.327. The van der Waals surface area contributed by atoms with Crippen molar-refractivity contribution in [2.75, 3.05) is 69.1 Å². The third kappa shape index (κ3) is 23.5. The number of carbonyl (C=O) groups is 5. The molecule has 0 aliphatic heterocycles. The first-order valence-electron chi connectivity index (χ1n) is 18.4. The van der Waals surface area contributed by atoms with Gasteiger partial charge in [0.25, 0.3) is 0 Å². The van der Waals surface area contributed by atoms with Gasteiger partial charge in [-0.1, -0.05) is 11.6 Å². The molecule has 5 heterocycles. The van der Waals surface area contributed by atoms with Gasteiger partial charge in [-0.15, -0.1) is 0 Å². The number of carboxylic acids is 2. The Kier molecular flexibility index (Phi) is 23.9. The lowest BCUT2D eigenvalue weighted by molar-refractivity contribution is 0.0584. The lowest BCUT2D eigenvalue weighted by Gasteiger charge is -2.14. The summed E-state index contributed by atoms with van der Waals surface area (Å²) in [5.74, 6) is -4.37. The quantitative estimate of drug-likeness (QED) is 0.113. The van der Waals surface area contributed by atoms with Gasteiger partial charge in [0.05, 0.1) is 119 Å². The fraction of sp³-hybridized carbons (Fsp3) is 0.306. The van der Waals surface area contributed by atoms with E-state index >= 15 is 0 Å². The number of halogens is 1. The summed E-state index contributed by atoms with van der Waals surface area (Å²) in [5.41, 5.74) is 0.311. The third-order valence-corrected chi connectivity index (χ3v) is 11.6. The van der Waals surface area contributed by atoms with Crippen LogP contribution in [0.15, 0.2) is 62.0 Å².